The second-order valence-electron chi connectivity index (χ2n) is 8.34. The van der Waals surface area contributed by atoms with E-state index in [4.69, 9.17) is 0 Å². The van der Waals surface area contributed by atoms with E-state index in [1.807, 2.05) is 6.07 Å². The van der Waals surface area contributed by atoms with Gasteiger partial charge < -0.3 is 14.9 Å². The number of benzene rings is 1. The molecule has 1 fully saturated rings. The number of piperidine rings is 1. The number of likely N-dealkylation sites (tertiary alicyclic amines) is 1. The summed E-state index contributed by atoms with van der Waals surface area (Å²) in [4.78, 5) is 5.01. The second-order valence-corrected chi connectivity index (χ2v) is 8.34. The SMILES string of the molecule is CCN(C[C@@H]1CCCN(CCc2cccc(F)c2)C1)CC(C)(C)CO. The summed E-state index contributed by atoms with van der Waals surface area (Å²) in [5.74, 6) is 0.551. The molecule has 0 unspecified atom stereocenters. The maximum atomic E-state index is 13.3. The summed E-state index contributed by atoms with van der Waals surface area (Å²) in [5, 5.41) is 9.52. The first-order chi connectivity index (χ1) is 11.9. The largest absolute Gasteiger partial charge is 0.396 e. The van der Waals surface area contributed by atoms with Crippen LogP contribution in [0.1, 0.15) is 39.2 Å². The van der Waals surface area contributed by atoms with E-state index in [1.165, 1.54) is 18.9 Å². The fourth-order valence-electron chi connectivity index (χ4n) is 3.81. The van der Waals surface area contributed by atoms with Gasteiger partial charge in [-0.15, -0.1) is 0 Å². The van der Waals surface area contributed by atoms with Crippen molar-refractivity contribution in [3.63, 3.8) is 0 Å². The van der Waals surface area contributed by atoms with E-state index in [9.17, 15) is 9.50 Å². The van der Waals surface area contributed by atoms with Crippen LogP contribution in [0.4, 0.5) is 4.39 Å². The van der Waals surface area contributed by atoms with Crippen molar-refractivity contribution in [2.45, 2.75) is 40.0 Å². The van der Waals surface area contributed by atoms with E-state index in [2.05, 4.69) is 30.6 Å². The summed E-state index contributed by atoms with van der Waals surface area (Å²) in [6.07, 6.45) is 3.45. The smallest absolute Gasteiger partial charge is 0.123 e. The summed E-state index contributed by atoms with van der Waals surface area (Å²) in [5.41, 5.74) is 1.05. The molecule has 2 rings (SSSR count). The minimum atomic E-state index is -0.140. The van der Waals surface area contributed by atoms with E-state index in [1.54, 1.807) is 12.1 Å². The summed E-state index contributed by atoms with van der Waals surface area (Å²) >= 11 is 0. The third-order valence-corrected chi connectivity index (χ3v) is 5.25. The molecule has 0 radical (unpaired) electrons. The molecule has 0 amide bonds. The first-order valence-corrected chi connectivity index (χ1v) is 9.72. The average molecular weight is 351 g/mol. The lowest BCUT2D eigenvalue weighted by molar-refractivity contribution is 0.0800. The Bertz CT molecular complexity index is 520. The highest BCUT2D eigenvalue weighted by atomic mass is 19.1. The fraction of sp³-hybridized carbons (Fsp3) is 0.714. The summed E-state index contributed by atoms with van der Waals surface area (Å²) in [7, 11) is 0. The first kappa shape index (κ1) is 20.3. The Morgan fingerprint density at radius 1 is 1.36 bits per heavy atom. The maximum absolute atomic E-state index is 13.3. The van der Waals surface area contributed by atoms with Gasteiger partial charge in [-0.1, -0.05) is 32.9 Å². The number of nitrogens with zero attached hydrogens (tertiary/aromatic N) is 2. The van der Waals surface area contributed by atoms with Crippen LogP contribution >= 0.6 is 0 Å². The third-order valence-electron chi connectivity index (χ3n) is 5.25. The van der Waals surface area contributed by atoms with Crippen molar-refractivity contribution in [1.82, 2.24) is 9.80 Å². The molecule has 3 nitrogen and oxygen atoms in total. The van der Waals surface area contributed by atoms with Crippen LogP contribution in [-0.4, -0.2) is 60.8 Å². The predicted molar refractivity (Wildman–Crippen MR) is 102 cm³/mol. The molecule has 1 atom stereocenters. The topological polar surface area (TPSA) is 26.7 Å². The van der Waals surface area contributed by atoms with Gasteiger partial charge in [0, 0.05) is 38.2 Å². The molecule has 1 aliphatic rings. The molecule has 0 aromatic heterocycles. The Morgan fingerprint density at radius 3 is 2.84 bits per heavy atom. The minimum absolute atomic E-state index is 0.0399. The van der Waals surface area contributed by atoms with Crippen LogP contribution < -0.4 is 0 Å². The van der Waals surface area contributed by atoms with Crippen molar-refractivity contribution >= 4 is 0 Å². The number of aliphatic hydroxyl groups excluding tert-OH is 1. The van der Waals surface area contributed by atoms with Crippen molar-refractivity contribution < 1.29 is 9.50 Å². The zero-order valence-corrected chi connectivity index (χ0v) is 16.2. The Kier molecular flexibility index (Phi) is 7.85. The first-order valence-electron chi connectivity index (χ1n) is 9.72. The lowest BCUT2D eigenvalue weighted by atomic mass is 9.92. The molecule has 1 aliphatic heterocycles. The van der Waals surface area contributed by atoms with Gasteiger partial charge in [0.15, 0.2) is 0 Å². The quantitative estimate of drug-likeness (QED) is 0.739. The lowest BCUT2D eigenvalue weighted by Crippen LogP contribution is -2.44. The monoisotopic (exact) mass is 350 g/mol. The average Bonchev–Trinajstić information content (AvgIpc) is 2.60. The van der Waals surface area contributed by atoms with E-state index in [0.29, 0.717) is 5.92 Å². The molecular weight excluding hydrogens is 315 g/mol. The highest BCUT2D eigenvalue weighted by molar-refractivity contribution is 5.16. The molecule has 1 N–H and O–H groups in total. The van der Waals surface area contributed by atoms with Crippen LogP contribution in [0.3, 0.4) is 0 Å². The Balaban J connectivity index is 1.81. The van der Waals surface area contributed by atoms with Crippen LogP contribution in [0.15, 0.2) is 24.3 Å². The summed E-state index contributed by atoms with van der Waals surface area (Å²) in [6.45, 7) is 13.1. The Hall–Kier alpha value is -0.970. The normalized spacial score (nSPS) is 19.5. The van der Waals surface area contributed by atoms with Gasteiger partial charge in [0.05, 0.1) is 0 Å². The van der Waals surface area contributed by atoms with Crippen LogP contribution in [-0.2, 0) is 6.42 Å². The molecule has 1 aromatic carbocycles. The van der Waals surface area contributed by atoms with Gasteiger partial charge in [-0.05, 0) is 56.0 Å². The molecule has 0 aliphatic carbocycles. The molecule has 0 saturated carbocycles. The number of rotatable bonds is 9. The zero-order valence-electron chi connectivity index (χ0n) is 16.2. The van der Waals surface area contributed by atoms with Gasteiger partial charge in [-0.25, -0.2) is 4.39 Å². The Morgan fingerprint density at radius 2 is 2.16 bits per heavy atom. The van der Waals surface area contributed by atoms with Gasteiger partial charge in [0.2, 0.25) is 0 Å². The van der Waals surface area contributed by atoms with Crippen LogP contribution in [0.2, 0.25) is 0 Å². The van der Waals surface area contributed by atoms with Crippen molar-refractivity contribution in [3.05, 3.63) is 35.6 Å². The number of hydrogen-bond acceptors (Lipinski definition) is 3. The molecule has 0 bridgehead atoms. The van der Waals surface area contributed by atoms with Crippen molar-refractivity contribution in [3.8, 4) is 0 Å². The highest BCUT2D eigenvalue weighted by Crippen LogP contribution is 2.21. The number of halogens is 1. The highest BCUT2D eigenvalue weighted by Gasteiger charge is 2.25. The van der Waals surface area contributed by atoms with Crippen LogP contribution in [0.25, 0.3) is 0 Å². The fourth-order valence-corrected chi connectivity index (χ4v) is 3.81. The molecule has 1 heterocycles. The minimum Gasteiger partial charge on any atom is -0.396 e. The van der Waals surface area contributed by atoms with Gasteiger partial charge in [0.1, 0.15) is 5.82 Å². The second kappa shape index (κ2) is 9.65. The zero-order chi connectivity index (χ0) is 18.3. The summed E-state index contributed by atoms with van der Waals surface area (Å²) in [6, 6.07) is 6.97. The van der Waals surface area contributed by atoms with Crippen LogP contribution in [0.5, 0.6) is 0 Å². The van der Waals surface area contributed by atoms with Crippen molar-refractivity contribution in [2.24, 2.45) is 11.3 Å². The number of aliphatic hydroxyl groups is 1. The van der Waals surface area contributed by atoms with Crippen molar-refractivity contribution in [2.75, 3.05) is 45.9 Å². The maximum Gasteiger partial charge on any atom is 0.123 e. The van der Waals surface area contributed by atoms with E-state index in [0.717, 1.165) is 51.3 Å². The van der Waals surface area contributed by atoms with Gasteiger partial charge >= 0.3 is 0 Å². The predicted octanol–water partition coefficient (Wildman–Crippen LogP) is 3.42. The van der Waals surface area contributed by atoms with Gasteiger partial charge in [-0.3, -0.25) is 0 Å². The molecular formula is C21H35FN2O. The standard InChI is InChI=1S/C21H35FN2O/c1-4-23(16-21(2,3)17-25)14-19-8-6-11-24(15-19)12-10-18-7-5-9-20(22)13-18/h5,7,9,13,19,25H,4,6,8,10-12,14-17H2,1-3H3/t19-/m0/s1. The molecule has 4 heteroatoms. The van der Waals surface area contributed by atoms with E-state index < -0.39 is 0 Å². The third kappa shape index (κ3) is 7.04. The van der Waals surface area contributed by atoms with Gasteiger partial charge in [0.25, 0.3) is 0 Å². The molecule has 1 saturated heterocycles. The lowest BCUT2D eigenvalue weighted by Gasteiger charge is -2.37. The van der Waals surface area contributed by atoms with E-state index >= 15 is 0 Å². The molecule has 0 spiro atoms. The molecule has 142 valence electrons. The number of hydrogen-bond donors (Lipinski definition) is 1. The van der Waals surface area contributed by atoms with Crippen molar-refractivity contribution in [1.29, 1.82) is 0 Å². The van der Waals surface area contributed by atoms with E-state index in [-0.39, 0.29) is 17.8 Å². The summed E-state index contributed by atoms with van der Waals surface area (Å²) < 4.78 is 13.3. The molecule has 25 heavy (non-hydrogen) atoms. The van der Waals surface area contributed by atoms with Crippen LogP contribution in [0, 0.1) is 17.2 Å². The molecule has 1 aromatic rings. The van der Waals surface area contributed by atoms with Gasteiger partial charge in [-0.2, -0.15) is 0 Å². The Labute approximate surface area is 152 Å².